The molecule has 0 spiro atoms. The molecule has 1 amide bonds. The van der Waals surface area contributed by atoms with Crippen LogP contribution in [-0.2, 0) is 10.3 Å². The summed E-state index contributed by atoms with van der Waals surface area (Å²) >= 11 is 0. The second-order valence-corrected chi connectivity index (χ2v) is 7.51. The van der Waals surface area contributed by atoms with Crippen LogP contribution in [0.2, 0.25) is 0 Å². The second kappa shape index (κ2) is 8.63. The number of benzene rings is 3. The Bertz CT molecular complexity index is 1170. The quantitative estimate of drug-likeness (QED) is 0.525. The van der Waals surface area contributed by atoms with E-state index in [9.17, 15) is 27.5 Å². The Balaban J connectivity index is 1.67. The first kappa shape index (κ1) is 21.8. The van der Waals surface area contributed by atoms with Crippen LogP contribution in [0.3, 0.4) is 0 Å². The molecule has 1 N–H and O–H groups in total. The molecule has 1 atom stereocenters. The van der Waals surface area contributed by atoms with Crippen LogP contribution in [0, 0.1) is 23.3 Å². The Morgan fingerprint density at radius 3 is 2.38 bits per heavy atom. The van der Waals surface area contributed by atoms with Crippen molar-refractivity contribution in [1.29, 1.82) is 0 Å². The SMILES string of the molecule is O=C1OC(CCO)(c2ccccc2F)CCN1c1ccc(F)c(-c2ccc(F)cc2F)c1. The fraction of sp³-hybridized carbons (Fsp3) is 0.208. The lowest BCUT2D eigenvalue weighted by molar-refractivity contribution is -0.0280. The van der Waals surface area contributed by atoms with Crippen molar-refractivity contribution in [2.24, 2.45) is 0 Å². The lowest BCUT2D eigenvalue weighted by atomic mass is 9.85. The average molecular weight is 445 g/mol. The van der Waals surface area contributed by atoms with E-state index in [1.807, 2.05) is 0 Å². The number of nitrogens with zero attached hydrogens (tertiary/aromatic N) is 1. The summed E-state index contributed by atoms with van der Waals surface area (Å²) in [7, 11) is 0. The van der Waals surface area contributed by atoms with Crippen molar-refractivity contribution in [2.45, 2.75) is 18.4 Å². The van der Waals surface area contributed by atoms with E-state index in [2.05, 4.69) is 0 Å². The minimum absolute atomic E-state index is 0.00295. The molecule has 8 heteroatoms. The third-order valence-corrected chi connectivity index (χ3v) is 5.61. The predicted octanol–water partition coefficient (Wildman–Crippen LogP) is 5.53. The van der Waals surface area contributed by atoms with E-state index in [1.165, 1.54) is 35.2 Å². The molecule has 1 fully saturated rings. The maximum absolute atomic E-state index is 14.5. The van der Waals surface area contributed by atoms with Gasteiger partial charge in [0, 0.05) is 54.4 Å². The van der Waals surface area contributed by atoms with Crippen LogP contribution in [0.5, 0.6) is 0 Å². The molecule has 0 aromatic heterocycles. The van der Waals surface area contributed by atoms with Crippen LogP contribution in [0.4, 0.5) is 28.0 Å². The monoisotopic (exact) mass is 445 g/mol. The van der Waals surface area contributed by atoms with Gasteiger partial charge in [0.05, 0.1) is 0 Å². The molecule has 1 heterocycles. The zero-order valence-corrected chi connectivity index (χ0v) is 16.8. The molecule has 1 saturated heterocycles. The Hall–Kier alpha value is -3.39. The first-order valence-corrected chi connectivity index (χ1v) is 9.96. The molecule has 0 aliphatic carbocycles. The number of halogens is 4. The van der Waals surface area contributed by atoms with Crippen LogP contribution in [0.15, 0.2) is 60.7 Å². The highest BCUT2D eigenvalue weighted by atomic mass is 19.1. The molecule has 1 aliphatic rings. The smallest absolute Gasteiger partial charge is 0.415 e. The van der Waals surface area contributed by atoms with Crippen LogP contribution in [0.25, 0.3) is 11.1 Å². The van der Waals surface area contributed by atoms with Gasteiger partial charge in [0.2, 0.25) is 0 Å². The summed E-state index contributed by atoms with van der Waals surface area (Å²) in [6.45, 7) is -0.240. The topological polar surface area (TPSA) is 49.8 Å². The Morgan fingerprint density at radius 2 is 1.69 bits per heavy atom. The van der Waals surface area contributed by atoms with E-state index in [1.54, 1.807) is 6.07 Å². The largest absolute Gasteiger partial charge is 0.437 e. The highest BCUT2D eigenvalue weighted by molar-refractivity contribution is 5.90. The maximum Gasteiger partial charge on any atom is 0.415 e. The molecule has 1 aliphatic heterocycles. The normalized spacial score (nSPS) is 18.5. The summed E-state index contributed by atoms with van der Waals surface area (Å²) in [6.07, 6.45) is -0.647. The molecular formula is C24H19F4NO3. The average Bonchev–Trinajstić information content (AvgIpc) is 2.75. The van der Waals surface area contributed by atoms with Crippen molar-refractivity contribution in [3.8, 4) is 11.1 Å². The summed E-state index contributed by atoms with van der Waals surface area (Å²) < 4.78 is 62.0. The van der Waals surface area contributed by atoms with Gasteiger partial charge in [-0.2, -0.15) is 0 Å². The summed E-state index contributed by atoms with van der Waals surface area (Å²) in [5.41, 5.74) is -1.25. The first-order valence-electron chi connectivity index (χ1n) is 9.96. The fourth-order valence-corrected chi connectivity index (χ4v) is 4.00. The zero-order valence-electron chi connectivity index (χ0n) is 16.8. The van der Waals surface area contributed by atoms with Crippen molar-refractivity contribution in [3.63, 3.8) is 0 Å². The van der Waals surface area contributed by atoms with Crippen molar-refractivity contribution < 1.29 is 32.2 Å². The van der Waals surface area contributed by atoms with Gasteiger partial charge in [-0.1, -0.05) is 18.2 Å². The minimum atomic E-state index is -1.35. The van der Waals surface area contributed by atoms with E-state index >= 15 is 0 Å². The number of aliphatic hydroxyl groups excluding tert-OH is 1. The van der Waals surface area contributed by atoms with Crippen molar-refractivity contribution in [2.75, 3.05) is 18.1 Å². The van der Waals surface area contributed by atoms with Crippen molar-refractivity contribution in [3.05, 3.63) is 89.5 Å². The summed E-state index contributed by atoms with van der Waals surface area (Å²) in [6, 6.07) is 12.3. The number of aliphatic hydroxyl groups is 1. The van der Waals surface area contributed by atoms with Gasteiger partial charge in [0.25, 0.3) is 0 Å². The molecule has 1 unspecified atom stereocenters. The lowest BCUT2D eigenvalue weighted by Gasteiger charge is -2.41. The van der Waals surface area contributed by atoms with Crippen molar-refractivity contribution >= 4 is 11.8 Å². The molecule has 3 aromatic carbocycles. The van der Waals surface area contributed by atoms with Crippen LogP contribution in [-0.4, -0.2) is 24.4 Å². The molecule has 3 aromatic rings. The number of hydrogen-bond acceptors (Lipinski definition) is 3. The minimum Gasteiger partial charge on any atom is -0.437 e. The van der Waals surface area contributed by atoms with Crippen molar-refractivity contribution in [1.82, 2.24) is 0 Å². The summed E-state index contributed by atoms with van der Waals surface area (Å²) in [5, 5.41) is 9.51. The van der Waals surface area contributed by atoms with Gasteiger partial charge in [0.15, 0.2) is 0 Å². The van der Waals surface area contributed by atoms with Gasteiger partial charge in [-0.3, -0.25) is 4.90 Å². The van der Waals surface area contributed by atoms with E-state index in [0.29, 0.717) is 6.07 Å². The summed E-state index contributed by atoms with van der Waals surface area (Å²) in [5.74, 6) is -3.04. The number of amides is 1. The third kappa shape index (κ3) is 3.93. The number of ether oxygens (including phenoxy) is 1. The number of hydrogen-bond donors (Lipinski definition) is 1. The fourth-order valence-electron chi connectivity index (χ4n) is 4.00. The van der Waals surface area contributed by atoms with E-state index in [-0.39, 0.29) is 48.4 Å². The van der Waals surface area contributed by atoms with Crippen LogP contribution < -0.4 is 4.90 Å². The van der Waals surface area contributed by atoms with E-state index < -0.39 is 35.0 Å². The van der Waals surface area contributed by atoms with Gasteiger partial charge in [0.1, 0.15) is 28.9 Å². The molecule has 32 heavy (non-hydrogen) atoms. The maximum atomic E-state index is 14.5. The number of anilines is 1. The van der Waals surface area contributed by atoms with Crippen LogP contribution >= 0.6 is 0 Å². The van der Waals surface area contributed by atoms with Gasteiger partial charge in [-0.25, -0.2) is 22.4 Å². The summed E-state index contributed by atoms with van der Waals surface area (Å²) in [4.78, 5) is 14.1. The zero-order chi connectivity index (χ0) is 22.9. The lowest BCUT2D eigenvalue weighted by Crippen LogP contribution is -2.49. The number of cyclic esters (lactones) is 1. The Morgan fingerprint density at radius 1 is 0.906 bits per heavy atom. The molecule has 166 valence electrons. The third-order valence-electron chi connectivity index (χ3n) is 5.61. The first-order chi connectivity index (χ1) is 15.3. The molecule has 0 radical (unpaired) electrons. The van der Waals surface area contributed by atoms with Gasteiger partial charge in [-0.15, -0.1) is 0 Å². The number of carbonyl (C=O) groups excluding carboxylic acids is 1. The Labute approximate surface area is 181 Å². The highest BCUT2D eigenvalue weighted by Crippen LogP contribution is 2.40. The van der Waals surface area contributed by atoms with Gasteiger partial charge >= 0.3 is 6.09 Å². The molecule has 0 saturated carbocycles. The Kier molecular flexibility index (Phi) is 5.88. The molecule has 0 bridgehead atoms. The van der Waals surface area contributed by atoms with Gasteiger partial charge < -0.3 is 9.84 Å². The van der Waals surface area contributed by atoms with E-state index in [0.717, 1.165) is 18.2 Å². The number of rotatable bonds is 5. The van der Waals surface area contributed by atoms with Gasteiger partial charge in [-0.05, 0) is 36.4 Å². The standard InChI is InChI=1S/C24H19F4NO3/c25-15-5-7-17(22(28)13-15)18-14-16(6-8-20(18)26)29-11-9-24(10-12-30,32-23(29)31)19-3-1-2-4-21(19)27/h1-8,13-14,30H,9-12H2. The number of carbonyl (C=O) groups is 1. The molecule has 4 nitrogen and oxygen atoms in total. The molecule has 4 rings (SSSR count). The molecular weight excluding hydrogens is 426 g/mol. The van der Waals surface area contributed by atoms with E-state index in [4.69, 9.17) is 4.74 Å². The highest BCUT2D eigenvalue weighted by Gasteiger charge is 2.43. The van der Waals surface area contributed by atoms with Crippen LogP contribution in [0.1, 0.15) is 18.4 Å². The predicted molar refractivity (Wildman–Crippen MR) is 110 cm³/mol. The second-order valence-electron chi connectivity index (χ2n) is 7.51.